The molecule has 0 saturated heterocycles. The number of para-hydroxylation sites is 1. The Morgan fingerprint density at radius 2 is 1.45 bits per heavy atom. The molecule has 0 atom stereocenters. The van der Waals surface area contributed by atoms with Gasteiger partial charge in [0.05, 0.1) is 36.6 Å². The van der Waals surface area contributed by atoms with Crippen LogP contribution in [0, 0.1) is 0 Å². The number of methoxy groups -OCH3 is 2. The Labute approximate surface area is 195 Å². The maximum absolute atomic E-state index is 12.8. The lowest BCUT2D eigenvalue weighted by atomic mass is 10.1. The molecular weight excluding hydrogens is 442 g/mol. The first-order chi connectivity index (χ1) is 15.9. The number of rotatable bonds is 5. The molecule has 0 saturated carbocycles. The molecule has 0 fully saturated rings. The number of hydrogen-bond donors (Lipinski definition) is 2. The number of benzene rings is 3. The van der Waals surface area contributed by atoms with E-state index >= 15 is 0 Å². The third kappa shape index (κ3) is 4.13. The molecule has 0 spiro atoms. The number of hydrogen-bond acceptors (Lipinski definition) is 6. The van der Waals surface area contributed by atoms with E-state index in [1.807, 2.05) is 0 Å². The molecule has 3 aromatic rings. The monoisotopic (exact) mass is 461 g/mol. The Morgan fingerprint density at radius 1 is 0.848 bits per heavy atom. The lowest BCUT2D eigenvalue weighted by molar-refractivity contribution is 0.0922. The minimum Gasteiger partial charge on any atom is -0.496 e. The van der Waals surface area contributed by atoms with Gasteiger partial charge in [-0.25, -0.2) is 4.90 Å². The van der Waals surface area contributed by atoms with E-state index in [4.69, 9.17) is 21.7 Å². The van der Waals surface area contributed by atoms with Crippen molar-refractivity contribution in [3.8, 4) is 11.5 Å². The fraction of sp³-hybridized carbons (Fsp3) is 0.0833. The molecule has 0 bridgehead atoms. The van der Waals surface area contributed by atoms with Gasteiger partial charge in [-0.05, 0) is 48.6 Å². The molecule has 3 aromatic carbocycles. The average Bonchev–Trinajstić information content (AvgIpc) is 3.09. The number of anilines is 2. The summed E-state index contributed by atoms with van der Waals surface area (Å²) in [5.41, 5.74) is 1.82. The molecule has 1 heterocycles. The Kier molecular flexibility index (Phi) is 6.05. The summed E-state index contributed by atoms with van der Waals surface area (Å²) in [7, 11) is 2.91. The van der Waals surface area contributed by atoms with E-state index in [1.54, 1.807) is 66.7 Å². The van der Waals surface area contributed by atoms with Crippen molar-refractivity contribution < 1.29 is 23.9 Å². The van der Waals surface area contributed by atoms with E-state index in [-0.39, 0.29) is 10.9 Å². The Balaban J connectivity index is 1.52. The molecule has 0 unspecified atom stereocenters. The van der Waals surface area contributed by atoms with Crippen molar-refractivity contribution in [1.82, 2.24) is 5.32 Å². The van der Waals surface area contributed by atoms with Crippen molar-refractivity contribution in [1.29, 1.82) is 0 Å². The number of ether oxygens (including phenoxy) is 2. The molecule has 9 heteroatoms. The highest BCUT2D eigenvalue weighted by Crippen LogP contribution is 2.36. The maximum Gasteiger partial charge on any atom is 0.266 e. The molecular formula is C24H19N3O5S. The molecule has 0 radical (unpaired) electrons. The quantitative estimate of drug-likeness (QED) is 0.442. The van der Waals surface area contributed by atoms with Crippen LogP contribution >= 0.6 is 12.2 Å². The van der Waals surface area contributed by atoms with Gasteiger partial charge in [0.15, 0.2) is 5.11 Å². The van der Waals surface area contributed by atoms with E-state index < -0.39 is 17.7 Å². The van der Waals surface area contributed by atoms with Gasteiger partial charge in [0.2, 0.25) is 0 Å². The number of amides is 3. The van der Waals surface area contributed by atoms with Crippen LogP contribution in [0.25, 0.3) is 0 Å². The van der Waals surface area contributed by atoms with Gasteiger partial charge >= 0.3 is 0 Å². The van der Waals surface area contributed by atoms with E-state index in [0.29, 0.717) is 33.8 Å². The fourth-order valence-electron chi connectivity index (χ4n) is 3.51. The standard InChI is InChI=1S/C24H19N3O5S/c1-31-19-10-6-5-9-17(19)21(28)26-24(33)25-14-11-12-18(20(13-14)32-2)27-22(29)15-7-3-4-8-16(15)23(27)30/h3-13H,1-2H3,(H2,25,26,28,33). The van der Waals surface area contributed by atoms with Gasteiger partial charge in [-0.1, -0.05) is 24.3 Å². The molecule has 4 rings (SSSR count). The van der Waals surface area contributed by atoms with Gasteiger partial charge in [0.1, 0.15) is 11.5 Å². The van der Waals surface area contributed by atoms with Gasteiger partial charge in [0.25, 0.3) is 17.7 Å². The minimum absolute atomic E-state index is 0.0569. The van der Waals surface area contributed by atoms with Crippen LogP contribution in [0.1, 0.15) is 31.1 Å². The second kappa shape index (κ2) is 9.09. The SMILES string of the molecule is COc1ccccc1C(=O)NC(=S)Nc1ccc(N2C(=O)c3ccccc3C2=O)c(OC)c1. The molecule has 33 heavy (non-hydrogen) atoms. The maximum atomic E-state index is 12.8. The largest absolute Gasteiger partial charge is 0.496 e. The van der Waals surface area contributed by atoms with Gasteiger partial charge in [-0.3, -0.25) is 19.7 Å². The summed E-state index contributed by atoms with van der Waals surface area (Å²) in [6.07, 6.45) is 0. The van der Waals surface area contributed by atoms with Crippen molar-refractivity contribution in [3.63, 3.8) is 0 Å². The molecule has 2 N–H and O–H groups in total. The van der Waals surface area contributed by atoms with Crippen LogP contribution < -0.4 is 25.0 Å². The predicted molar refractivity (Wildman–Crippen MR) is 127 cm³/mol. The summed E-state index contributed by atoms with van der Waals surface area (Å²) >= 11 is 5.25. The van der Waals surface area contributed by atoms with Crippen molar-refractivity contribution in [2.45, 2.75) is 0 Å². The Hall–Kier alpha value is -4.24. The van der Waals surface area contributed by atoms with Crippen LogP contribution in [-0.4, -0.2) is 37.1 Å². The molecule has 1 aliphatic heterocycles. The third-order valence-electron chi connectivity index (χ3n) is 5.05. The van der Waals surface area contributed by atoms with Crippen molar-refractivity contribution in [2.24, 2.45) is 0 Å². The van der Waals surface area contributed by atoms with Crippen LogP contribution in [0.2, 0.25) is 0 Å². The Bertz CT molecular complexity index is 1260. The number of fused-ring (bicyclic) bond motifs is 1. The zero-order chi connectivity index (χ0) is 23.5. The van der Waals surface area contributed by atoms with Crippen molar-refractivity contribution >= 4 is 46.4 Å². The van der Waals surface area contributed by atoms with E-state index in [2.05, 4.69) is 10.6 Å². The van der Waals surface area contributed by atoms with E-state index in [1.165, 1.54) is 14.2 Å². The highest BCUT2D eigenvalue weighted by Gasteiger charge is 2.37. The van der Waals surface area contributed by atoms with Gasteiger partial charge in [-0.15, -0.1) is 0 Å². The van der Waals surface area contributed by atoms with Crippen LogP contribution in [-0.2, 0) is 0 Å². The number of imide groups is 1. The molecule has 3 amide bonds. The second-order valence-corrected chi connectivity index (χ2v) is 7.39. The minimum atomic E-state index is -0.431. The van der Waals surface area contributed by atoms with Crippen molar-refractivity contribution in [2.75, 3.05) is 24.4 Å². The smallest absolute Gasteiger partial charge is 0.266 e. The first kappa shape index (κ1) is 22.0. The number of carbonyl (C=O) groups is 3. The van der Waals surface area contributed by atoms with E-state index in [0.717, 1.165) is 4.90 Å². The van der Waals surface area contributed by atoms with Crippen LogP contribution in [0.5, 0.6) is 11.5 Å². The van der Waals surface area contributed by atoms with Gasteiger partial charge in [0, 0.05) is 11.8 Å². The molecule has 166 valence electrons. The van der Waals surface area contributed by atoms with Crippen LogP contribution in [0.15, 0.2) is 66.7 Å². The normalized spacial score (nSPS) is 12.2. The summed E-state index contributed by atoms with van der Waals surface area (Å²) in [5, 5.41) is 5.55. The summed E-state index contributed by atoms with van der Waals surface area (Å²) < 4.78 is 10.6. The molecule has 1 aliphatic rings. The predicted octanol–water partition coefficient (Wildman–Crippen LogP) is 3.63. The summed E-state index contributed by atoms with van der Waals surface area (Å²) in [6, 6.07) is 18.2. The van der Waals surface area contributed by atoms with Crippen LogP contribution in [0.3, 0.4) is 0 Å². The summed E-state index contributed by atoms with van der Waals surface area (Å²) in [6.45, 7) is 0. The molecule has 0 aliphatic carbocycles. The van der Waals surface area contributed by atoms with Crippen molar-refractivity contribution in [3.05, 3.63) is 83.4 Å². The lowest BCUT2D eigenvalue weighted by Crippen LogP contribution is -2.34. The third-order valence-corrected chi connectivity index (χ3v) is 5.26. The zero-order valence-corrected chi connectivity index (χ0v) is 18.6. The topological polar surface area (TPSA) is 97.0 Å². The Morgan fingerprint density at radius 3 is 2.09 bits per heavy atom. The highest BCUT2D eigenvalue weighted by atomic mass is 32.1. The van der Waals surface area contributed by atoms with Gasteiger partial charge < -0.3 is 14.8 Å². The summed E-state index contributed by atoms with van der Waals surface area (Å²) in [5.74, 6) is -0.568. The van der Waals surface area contributed by atoms with Crippen LogP contribution in [0.4, 0.5) is 11.4 Å². The first-order valence-electron chi connectivity index (χ1n) is 9.85. The zero-order valence-electron chi connectivity index (χ0n) is 17.7. The van der Waals surface area contributed by atoms with E-state index in [9.17, 15) is 14.4 Å². The number of carbonyl (C=O) groups excluding carboxylic acids is 3. The summed E-state index contributed by atoms with van der Waals surface area (Å²) in [4.78, 5) is 39.2. The van der Waals surface area contributed by atoms with Gasteiger partial charge in [-0.2, -0.15) is 0 Å². The second-order valence-electron chi connectivity index (χ2n) is 6.99. The molecule has 0 aromatic heterocycles. The first-order valence-corrected chi connectivity index (χ1v) is 10.3. The molecule has 8 nitrogen and oxygen atoms in total. The highest BCUT2D eigenvalue weighted by molar-refractivity contribution is 7.80. The number of nitrogens with zero attached hydrogens (tertiary/aromatic N) is 1. The number of thiocarbonyl (C=S) groups is 1. The number of nitrogens with one attached hydrogen (secondary N) is 2. The fourth-order valence-corrected chi connectivity index (χ4v) is 3.72. The lowest BCUT2D eigenvalue weighted by Gasteiger charge is -2.19. The average molecular weight is 461 g/mol.